The number of hydrogen-bond donors (Lipinski definition) is 3. The van der Waals surface area contributed by atoms with Crippen molar-refractivity contribution >= 4 is 17.4 Å². The first-order valence-corrected chi connectivity index (χ1v) is 11.1. The van der Waals surface area contributed by atoms with Crippen LogP contribution in [0, 0.1) is 24.6 Å². The van der Waals surface area contributed by atoms with Crippen LogP contribution in [0.2, 0.25) is 0 Å². The van der Waals surface area contributed by atoms with Gasteiger partial charge >= 0.3 is 6.01 Å². The summed E-state index contributed by atoms with van der Waals surface area (Å²) in [5.41, 5.74) is 15.7. The molecule has 0 radical (unpaired) electrons. The van der Waals surface area contributed by atoms with Crippen molar-refractivity contribution in [2.45, 2.75) is 18.9 Å². The Bertz CT molecular complexity index is 1330. The number of anilines is 2. The van der Waals surface area contributed by atoms with E-state index in [-0.39, 0.29) is 23.7 Å². The number of nitrogens with one attached hydrogen (secondary N) is 1. The predicted octanol–water partition coefficient (Wildman–Crippen LogP) is 1.97. The lowest BCUT2D eigenvalue weighted by molar-refractivity contribution is -0.120. The molecule has 1 unspecified atom stereocenters. The minimum absolute atomic E-state index is 0.0393. The molecule has 10 heteroatoms. The van der Waals surface area contributed by atoms with Crippen molar-refractivity contribution in [1.29, 1.82) is 0 Å². The summed E-state index contributed by atoms with van der Waals surface area (Å²) in [7, 11) is 1.77. The molecule has 1 saturated heterocycles. The van der Waals surface area contributed by atoms with E-state index in [1.807, 2.05) is 19.1 Å². The number of aryl methyl sites for hydroxylation is 1. The van der Waals surface area contributed by atoms with Gasteiger partial charge in [-0.1, -0.05) is 0 Å². The van der Waals surface area contributed by atoms with Gasteiger partial charge in [-0.15, -0.1) is 0 Å². The normalized spacial score (nSPS) is 23.8. The number of aromatic nitrogens is 3. The number of pyridine rings is 1. The van der Waals surface area contributed by atoms with E-state index >= 15 is 0 Å². The number of piperidine rings is 1. The molecule has 0 spiro atoms. The standard InChI is InChI=1S/C24H24FN7O2/c1-11-3-4-13(8-29-11)34-23-30-19-7-14-15(5-12(25)6-18(14)28-2)20(19)21(31-23)32-9-16-17(10-32)24(16,27)22(26)33/h3-6,8,16-17,28H,7,9-10,27H2,1-2H3,(H2,26,33)/t16-,17+,24?. The zero-order valence-corrected chi connectivity index (χ0v) is 18.8. The first-order chi connectivity index (χ1) is 16.3. The van der Waals surface area contributed by atoms with Crippen LogP contribution in [0.4, 0.5) is 15.9 Å². The monoisotopic (exact) mass is 461 g/mol. The highest BCUT2D eigenvalue weighted by atomic mass is 19.1. The molecule has 3 heterocycles. The molecule has 3 atom stereocenters. The fourth-order valence-electron chi connectivity index (χ4n) is 5.42. The molecule has 2 fully saturated rings. The Balaban J connectivity index is 1.43. The van der Waals surface area contributed by atoms with Gasteiger partial charge in [0.05, 0.1) is 11.9 Å². The number of halogens is 1. The number of ether oxygens (including phenoxy) is 1. The second-order valence-corrected chi connectivity index (χ2v) is 9.21. The molecule has 0 bridgehead atoms. The molecule has 1 amide bonds. The molecule has 2 aliphatic carbocycles. The summed E-state index contributed by atoms with van der Waals surface area (Å²) in [5.74, 6) is 0.271. The number of amides is 1. The predicted molar refractivity (Wildman–Crippen MR) is 124 cm³/mol. The Kier molecular flexibility index (Phi) is 4.34. The van der Waals surface area contributed by atoms with Gasteiger partial charge in [0, 0.05) is 55.3 Å². The zero-order chi connectivity index (χ0) is 23.8. The number of rotatable bonds is 5. The zero-order valence-electron chi connectivity index (χ0n) is 18.8. The van der Waals surface area contributed by atoms with Gasteiger partial charge in [-0.3, -0.25) is 9.78 Å². The Morgan fingerprint density at radius 2 is 2.03 bits per heavy atom. The van der Waals surface area contributed by atoms with Crippen LogP contribution in [0.5, 0.6) is 11.8 Å². The van der Waals surface area contributed by atoms with Crippen molar-refractivity contribution in [1.82, 2.24) is 15.0 Å². The highest BCUT2D eigenvalue weighted by Gasteiger charge is 2.70. The van der Waals surface area contributed by atoms with E-state index in [2.05, 4.69) is 20.2 Å². The van der Waals surface area contributed by atoms with E-state index in [4.69, 9.17) is 21.2 Å². The lowest BCUT2D eigenvalue weighted by Crippen LogP contribution is -2.47. The Labute approximate surface area is 195 Å². The van der Waals surface area contributed by atoms with Crippen LogP contribution in [0.25, 0.3) is 11.1 Å². The van der Waals surface area contributed by atoms with E-state index in [0.717, 1.165) is 28.1 Å². The molecule has 1 aromatic carbocycles. The summed E-state index contributed by atoms with van der Waals surface area (Å²) in [6.45, 7) is 2.96. The van der Waals surface area contributed by atoms with Gasteiger partial charge in [0.15, 0.2) is 0 Å². The third kappa shape index (κ3) is 2.95. The minimum atomic E-state index is -0.969. The minimum Gasteiger partial charge on any atom is -0.423 e. The average Bonchev–Trinajstić information content (AvgIpc) is 3.14. The Hall–Kier alpha value is -3.79. The average molecular weight is 462 g/mol. The summed E-state index contributed by atoms with van der Waals surface area (Å²) in [4.78, 5) is 27.6. The van der Waals surface area contributed by atoms with Crippen molar-refractivity contribution < 1.29 is 13.9 Å². The van der Waals surface area contributed by atoms with E-state index in [0.29, 0.717) is 36.8 Å². The molecular weight excluding hydrogens is 437 g/mol. The molecule has 3 aliphatic rings. The second-order valence-electron chi connectivity index (χ2n) is 9.21. The fraction of sp³-hybridized carbons (Fsp3) is 0.333. The van der Waals surface area contributed by atoms with Gasteiger partial charge in [0.1, 0.15) is 22.9 Å². The van der Waals surface area contributed by atoms with Gasteiger partial charge < -0.3 is 26.4 Å². The molecule has 5 N–H and O–H groups in total. The molecule has 1 saturated carbocycles. The maximum absolute atomic E-state index is 14.5. The second kappa shape index (κ2) is 7.10. The maximum Gasteiger partial charge on any atom is 0.324 e. The van der Waals surface area contributed by atoms with Crippen molar-refractivity contribution in [2.24, 2.45) is 23.3 Å². The number of fused-ring (bicyclic) bond motifs is 4. The molecule has 6 rings (SSSR count). The molecular formula is C24H24FN7O2. The summed E-state index contributed by atoms with van der Waals surface area (Å²) >= 11 is 0. The van der Waals surface area contributed by atoms with Crippen molar-refractivity contribution in [3.8, 4) is 22.9 Å². The largest absolute Gasteiger partial charge is 0.423 e. The molecule has 1 aliphatic heterocycles. The molecule has 9 nitrogen and oxygen atoms in total. The smallest absolute Gasteiger partial charge is 0.324 e. The Morgan fingerprint density at radius 3 is 2.68 bits per heavy atom. The third-order valence-electron chi connectivity index (χ3n) is 7.30. The van der Waals surface area contributed by atoms with E-state index in [1.54, 1.807) is 13.2 Å². The molecule has 174 valence electrons. The summed E-state index contributed by atoms with van der Waals surface area (Å²) in [6.07, 6.45) is 2.14. The van der Waals surface area contributed by atoms with Gasteiger partial charge in [-0.2, -0.15) is 9.97 Å². The molecule has 3 aromatic rings. The van der Waals surface area contributed by atoms with Crippen LogP contribution in [-0.4, -0.2) is 46.5 Å². The van der Waals surface area contributed by atoms with Gasteiger partial charge in [0.25, 0.3) is 0 Å². The number of primary amides is 1. The van der Waals surface area contributed by atoms with E-state index in [9.17, 15) is 9.18 Å². The van der Waals surface area contributed by atoms with Crippen molar-refractivity contribution in [3.63, 3.8) is 0 Å². The summed E-state index contributed by atoms with van der Waals surface area (Å²) < 4.78 is 20.4. The number of carbonyl (C=O) groups is 1. The highest BCUT2D eigenvalue weighted by molar-refractivity contribution is 5.91. The number of nitrogens with two attached hydrogens (primary N) is 2. The molecule has 34 heavy (non-hydrogen) atoms. The van der Waals surface area contributed by atoms with Gasteiger partial charge in [-0.25, -0.2) is 4.39 Å². The number of nitrogens with zero attached hydrogens (tertiary/aromatic N) is 4. The first kappa shape index (κ1) is 20.8. The van der Waals surface area contributed by atoms with Crippen molar-refractivity contribution in [3.05, 3.63) is 53.2 Å². The fourth-order valence-corrected chi connectivity index (χ4v) is 5.42. The van der Waals surface area contributed by atoms with Gasteiger partial charge in [-0.05, 0) is 42.3 Å². The van der Waals surface area contributed by atoms with Crippen LogP contribution in [-0.2, 0) is 11.2 Å². The van der Waals surface area contributed by atoms with Crippen LogP contribution in [0.15, 0.2) is 30.5 Å². The number of benzene rings is 1. The lowest BCUT2D eigenvalue weighted by Gasteiger charge is -2.26. The Morgan fingerprint density at radius 1 is 1.26 bits per heavy atom. The van der Waals surface area contributed by atoms with Crippen molar-refractivity contribution in [2.75, 3.05) is 30.4 Å². The number of hydrogen-bond acceptors (Lipinski definition) is 8. The van der Waals surface area contributed by atoms with Crippen LogP contribution < -0.4 is 26.4 Å². The van der Waals surface area contributed by atoms with E-state index in [1.165, 1.54) is 12.1 Å². The topological polar surface area (TPSA) is 132 Å². The number of carbonyl (C=O) groups excluding carboxylic acids is 1. The first-order valence-electron chi connectivity index (χ1n) is 11.1. The quantitative estimate of drug-likeness (QED) is 0.411. The highest BCUT2D eigenvalue weighted by Crippen LogP contribution is 2.55. The summed E-state index contributed by atoms with van der Waals surface area (Å²) in [5, 5.41) is 3.08. The SMILES string of the molecule is CNc1cc(F)cc2c1Cc1nc(Oc3ccc(C)nc3)nc(N3C[C@@H]4[C@H](C3)C4(N)C(N)=O)c1-2. The molecule has 2 aromatic heterocycles. The van der Waals surface area contributed by atoms with Crippen LogP contribution in [0.3, 0.4) is 0 Å². The van der Waals surface area contributed by atoms with Crippen LogP contribution in [0.1, 0.15) is 17.0 Å². The van der Waals surface area contributed by atoms with Gasteiger partial charge in [0.2, 0.25) is 5.91 Å². The summed E-state index contributed by atoms with van der Waals surface area (Å²) in [6, 6.07) is 6.84. The van der Waals surface area contributed by atoms with E-state index < -0.39 is 11.4 Å². The lowest BCUT2D eigenvalue weighted by atomic mass is 10.0. The maximum atomic E-state index is 14.5. The third-order valence-corrected chi connectivity index (χ3v) is 7.30. The van der Waals surface area contributed by atoms with Crippen LogP contribution >= 0.6 is 0 Å².